The van der Waals surface area contributed by atoms with E-state index < -0.39 is 0 Å². The number of anilines is 1. The van der Waals surface area contributed by atoms with Crippen molar-refractivity contribution in [3.8, 4) is 0 Å². The molecule has 1 aromatic rings. The fraction of sp³-hybridized carbons (Fsp3) is 0.667. The summed E-state index contributed by atoms with van der Waals surface area (Å²) in [6.45, 7) is 7.31. The predicted molar refractivity (Wildman–Crippen MR) is 74.4 cm³/mol. The Morgan fingerprint density at radius 3 is 2.47 bits per heavy atom. The Hall–Kier alpha value is -0.810. The van der Waals surface area contributed by atoms with E-state index in [0.717, 1.165) is 23.1 Å². The van der Waals surface area contributed by atoms with Gasteiger partial charge in [0.2, 0.25) is 0 Å². The van der Waals surface area contributed by atoms with Crippen LogP contribution in [-0.4, -0.2) is 41.3 Å². The maximum atomic E-state index is 5.81. The van der Waals surface area contributed by atoms with Crippen molar-refractivity contribution < 1.29 is 0 Å². The molecule has 1 aromatic heterocycles. The first-order valence-electron chi connectivity index (χ1n) is 5.71. The highest BCUT2D eigenvalue weighted by molar-refractivity contribution is 7.99. The van der Waals surface area contributed by atoms with Gasteiger partial charge in [-0.25, -0.2) is 9.97 Å². The summed E-state index contributed by atoms with van der Waals surface area (Å²) in [4.78, 5) is 11.0. The van der Waals surface area contributed by atoms with E-state index in [1.54, 1.807) is 11.8 Å². The van der Waals surface area contributed by atoms with E-state index in [1.165, 1.54) is 0 Å². The van der Waals surface area contributed by atoms with Gasteiger partial charge in [0, 0.05) is 23.8 Å². The molecule has 0 fully saturated rings. The minimum atomic E-state index is -0.0633. The van der Waals surface area contributed by atoms with Crippen molar-refractivity contribution in [2.75, 3.05) is 32.1 Å². The van der Waals surface area contributed by atoms with Crippen LogP contribution in [-0.2, 0) is 5.41 Å². The molecule has 0 spiro atoms. The van der Waals surface area contributed by atoms with Crippen LogP contribution in [0.5, 0.6) is 0 Å². The molecule has 0 aromatic carbocycles. The van der Waals surface area contributed by atoms with Crippen molar-refractivity contribution in [1.82, 2.24) is 14.9 Å². The van der Waals surface area contributed by atoms with Crippen LogP contribution in [0.15, 0.2) is 11.1 Å². The fourth-order valence-electron chi connectivity index (χ4n) is 1.18. The van der Waals surface area contributed by atoms with Gasteiger partial charge < -0.3 is 10.6 Å². The highest BCUT2D eigenvalue weighted by Crippen LogP contribution is 2.23. The molecule has 0 atom stereocenters. The van der Waals surface area contributed by atoms with Crippen molar-refractivity contribution in [3.05, 3.63) is 11.9 Å². The van der Waals surface area contributed by atoms with Gasteiger partial charge in [-0.3, -0.25) is 0 Å². The van der Waals surface area contributed by atoms with E-state index in [9.17, 15) is 0 Å². The predicted octanol–water partition coefficient (Wildman–Crippen LogP) is 2.01. The maximum absolute atomic E-state index is 5.81. The van der Waals surface area contributed by atoms with Crippen molar-refractivity contribution in [2.24, 2.45) is 0 Å². The molecule has 0 amide bonds. The molecule has 2 N–H and O–H groups in total. The third-order valence-electron chi connectivity index (χ3n) is 2.18. The molecule has 0 bridgehead atoms. The molecule has 1 rings (SSSR count). The highest BCUT2D eigenvalue weighted by Gasteiger charge is 2.18. The van der Waals surface area contributed by atoms with Crippen LogP contribution in [0, 0.1) is 0 Å². The van der Waals surface area contributed by atoms with E-state index in [4.69, 9.17) is 5.73 Å². The summed E-state index contributed by atoms with van der Waals surface area (Å²) >= 11 is 1.72. The van der Waals surface area contributed by atoms with E-state index in [2.05, 4.69) is 49.7 Å². The van der Waals surface area contributed by atoms with Crippen molar-refractivity contribution >= 4 is 17.6 Å². The van der Waals surface area contributed by atoms with E-state index in [0.29, 0.717) is 5.82 Å². The summed E-state index contributed by atoms with van der Waals surface area (Å²) in [5.74, 6) is 2.37. The van der Waals surface area contributed by atoms with Crippen LogP contribution >= 0.6 is 11.8 Å². The van der Waals surface area contributed by atoms with Gasteiger partial charge in [0.15, 0.2) is 0 Å². The van der Waals surface area contributed by atoms with Crippen molar-refractivity contribution in [3.63, 3.8) is 0 Å². The summed E-state index contributed by atoms with van der Waals surface area (Å²) in [6, 6.07) is 1.84. The smallest absolute Gasteiger partial charge is 0.137 e. The first-order chi connectivity index (χ1) is 7.79. The average Bonchev–Trinajstić information content (AvgIpc) is 2.14. The number of rotatable bonds is 4. The van der Waals surface area contributed by atoms with Crippen molar-refractivity contribution in [1.29, 1.82) is 0 Å². The largest absolute Gasteiger partial charge is 0.384 e. The van der Waals surface area contributed by atoms with E-state index >= 15 is 0 Å². The number of hydrogen-bond acceptors (Lipinski definition) is 5. The monoisotopic (exact) mass is 254 g/mol. The van der Waals surface area contributed by atoms with Crippen LogP contribution in [0.1, 0.15) is 26.6 Å². The van der Waals surface area contributed by atoms with Gasteiger partial charge in [0.05, 0.1) is 0 Å². The van der Waals surface area contributed by atoms with Crippen LogP contribution in [0.25, 0.3) is 0 Å². The van der Waals surface area contributed by atoms with Crippen LogP contribution < -0.4 is 5.73 Å². The second kappa shape index (κ2) is 5.69. The zero-order chi connectivity index (χ0) is 13.1. The molecular weight excluding hydrogens is 232 g/mol. The molecule has 0 aliphatic rings. The molecule has 0 aliphatic carbocycles. The molecule has 0 radical (unpaired) electrons. The Kier molecular flexibility index (Phi) is 4.77. The third kappa shape index (κ3) is 4.91. The van der Waals surface area contributed by atoms with Gasteiger partial charge in [-0.15, -0.1) is 11.8 Å². The second-order valence-electron chi connectivity index (χ2n) is 5.36. The van der Waals surface area contributed by atoms with Gasteiger partial charge in [0.25, 0.3) is 0 Å². The van der Waals surface area contributed by atoms with Gasteiger partial charge >= 0.3 is 0 Å². The lowest BCUT2D eigenvalue weighted by atomic mass is 9.96. The molecule has 1 heterocycles. The lowest BCUT2D eigenvalue weighted by molar-refractivity contribution is 0.437. The molecular formula is C12H22N4S. The SMILES string of the molecule is CN(C)CCSc1cc(N)nc(C(C)(C)C)n1. The Morgan fingerprint density at radius 1 is 1.29 bits per heavy atom. The zero-order valence-corrected chi connectivity index (χ0v) is 12.1. The molecule has 0 unspecified atom stereocenters. The quantitative estimate of drug-likeness (QED) is 0.658. The molecule has 96 valence electrons. The summed E-state index contributed by atoms with van der Waals surface area (Å²) < 4.78 is 0. The van der Waals surface area contributed by atoms with Crippen LogP contribution in [0.3, 0.4) is 0 Å². The van der Waals surface area contributed by atoms with Crippen molar-refractivity contribution in [2.45, 2.75) is 31.2 Å². The Morgan fingerprint density at radius 2 is 1.94 bits per heavy atom. The number of nitrogens with zero attached hydrogens (tertiary/aromatic N) is 3. The highest BCUT2D eigenvalue weighted by atomic mass is 32.2. The third-order valence-corrected chi connectivity index (χ3v) is 3.07. The van der Waals surface area contributed by atoms with Crippen LogP contribution in [0.4, 0.5) is 5.82 Å². The number of hydrogen-bond donors (Lipinski definition) is 1. The van der Waals surface area contributed by atoms with E-state index in [1.807, 2.05) is 6.07 Å². The number of aromatic nitrogens is 2. The van der Waals surface area contributed by atoms with E-state index in [-0.39, 0.29) is 5.41 Å². The van der Waals surface area contributed by atoms with Gasteiger partial charge in [-0.1, -0.05) is 20.8 Å². The molecule has 4 nitrogen and oxygen atoms in total. The van der Waals surface area contributed by atoms with Crippen LogP contribution in [0.2, 0.25) is 0 Å². The molecule has 0 saturated carbocycles. The fourth-order valence-corrected chi connectivity index (χ4v) is 2.21. The minimum Gasteiger partial charge on any atom is -0.384 e. The Bertz CT molecular complexity index is 371. The molecule has 0 saturated heterocycles. The standard InChI is InChI=1S/C12H22N4S/c1-12(2,3)11-14-9(13)8-10(15-11)17-7-6-16(4)5/h8H,6-7H2,1-5H3,(H2,13,14,15). The average molecular weight is 254 g/mol. The summed E-state index contributed by atoms with van der Waals surface area (Å²) in [7, 11) is 4.13. The first-order valence-corrected chi connectivity index (χ1v) is 6.70. The maximum Gasteiger partial charge on any atom is 0.137 e. The summed E-state index contributed by atoms with van der Waals surface area (Å²) in [5, 5.41) is 0.962. The lowest BCUT2D eigenvalue weighted by Gasteiger charge is -2.17. The Labute approximate surface area is 108 Å². The molecule has 17 heavy (non-hydrogen) atoms. The minimum absolute atomic E-state index is 0.0633. The van der Waals surface area contributed by atoms with Gasteiger partial charge in [-0.2, -0.15) is 0 Å². The zero-order valence-electron chi connectivity index (χ0n) is 11.3. The first kappa shape index (κ1) is 14.3. The van der Waals surface area contributed by atoms with Gasteiger partial charge in [-0.05, 0) is 14.1 Å². The summed E-state index contributed by atoms with van der Waals surface area (Å²) in [6.07, 6.45) is 0. The molecule has 0 aliphatic heterocycles. The number of thioether (sulfide) groups is 1. The lowest BCUT2D eigenvalue weighted by Crippen LogP contribution is -2.18. The number of nitrogens with two attached hydrogens (primary N) is 1. The summed E-state index contributed by atoms with van der Waals surface area (Å²) in [5.41, 5.74) is 5.75. The number of nitrogen functional groups attached to an aromatic ring is 1. The topological polar surface area (TPSA) is 55.0 Å². The van der Waals surface area contributed by atoms with Gasteiger partial charge in [0.1, 0.15) is 16.7 Å². The Balaban J connectivity index is 2.76. The normalized spacial score (nSPS) is 12.1. The molecule has 5 heteroatoms. The second-order valence-corrected chi connectivity index (χ2v) is 6.47.